The molecule has 1 aliphatic carbocycles. The molecule has 3 aromatic rings. The molecule has 1 heterocycles. The van der Waals surface area contributed by atoms with Crippen LogP contribution in [0.2, 0.25) is 0 Å². The molecule has 4 rings (SSSR count). The van der Waals surface area contributed by atoms with Crippen LogP contribution in [0.5, 0.6) is 0 Å². The fourth-order valence-corrected chi connectivity index (χ4v) is 4.89. The zero-order valence-corrected chi connectivity index (χ0v) is 23.0. The van der Waals surface area contributed by atoms with Gasteiger partial charge in [-0.15, -0.1) is 10.2 Å². The highest BCUT2D eigenvalue weighted by Crippen LogP contribution is 2.34. The van der Waals surface area contributed by atoms with Crippen LogP contribution >= 0.6 is 11.7 Å². The standard InChI is InChI=1S/C27H31N4S.ClHO4/c1-5-30(6-2)22-16-12-20(13-17-22)26(24-10-9-11-25-27(24)29-32-28-25)21-14-18-23(19-15-21)31(7-3)8-4;2-1(3,4)5/h9-19H,5-8H2,1-4H3;(H,2,3,4,5)/q+1;/p-1. The Kier molecular flexibility index (Phi) is 10.1. The van der Waals surface area contributed by atoms with Crippen LogP contribution in [-0.2, 0) is 0 Å². The Morgan fingerprint density at radius 3 is 1.97 bits per heavy atom. The molecule has 2 aromatic carbocycles. The van der Waals surface area contributed by atoms with Gasteiger partial charge in [-0.05, 0) is 74.8 Å². The molecule has 8 nitrogen and oxygen atoms in total. The lowest BCUT2D eigenvalue weighted by atomic mass is 9.90. The molecule has 0 spiro atoms. The van der Waals surface area contributed by atoms with Gasteiger partial charge in [-0.3, -0.25) is 0 Å². The molecule has 0 amide bonds. The second-order valence-corrected chi connectivity index (χ2v) is 9.41. The highest BCUT2D eigenvalue weighted by molar-refractivity contribution is 7.00. The molecule has 0 fully saturated rings. The van der Waals surface area contributed by atoms with Crippen molar-refractivity contribution in [2.75, 3.05) is 31.1 Å². The number of hydrogen-bond acceptors (Lipinski definition) is 8. The minimum Gasteiger partial charge on any atom is -0.372 e. The Hall–Kier alpha value is -2.92. The molecule has 0 aliphatic heterocycles. The first kappa shape index (κ1) is 28.6. The highest BCUT2D eigenvalue weighted by atomic mass is 35.7. The summed E-state index contributed by atoms with van der Waals surface area (Å²) >= 11 is 1.27. The van der Waals surface area contributed by atoms with Gasteiger partial charge in [-0.1, -0.05) is 24.3 Å². The van der Waals surface area contributed by atoms with Crippen molar-refractivity contribution in [3.63, 3.8) is 0 Å². The number of nitrogens with zero attached hydrogens (tertiary/aromatic N) is 4. The predicted octanol–water partition coefficient (Wildman–Crippen LogP) is 1.20. The lowest BCUT2D eigenvalue weighted by molar-refractivity contribution is -2.00. The van der Waals surface area contributed by atoms with Gasteiger partial charge < -0.3 is 4.90 Å². The average molecular weight is 543 g/mol. The Labute approximate surface area is 223 Å². The molecule has 0 radical (unpaired) electrons. The van der Waals surface area contributed by atoms with Crippen molar-refractivity contribution in [2.24, 2.45) is 0 Å². The fraction of sp³-hybridized carbons (Fsp3) is 0.296. The van der Waals surface area contributed by atoms with Gasteiger partial charge >= 0.3 is 0 Å². The second-order valence-electron chi connectivity index (χ2n) is 8.13. The topological polar surface area (TPSA) is 124 Å². The van der Waals surface area contributed by atoms with Crippen LogP contribution in [0, 0.1) is 10.2 Å². The van der Waals surface area contributed by atoms with E-state index in [9.17, 15) is 0 Å². The number of halogens is 1. The molecule has 0 atom stereocenters. The van der Waals surface area contributed by atoms with Crippen molar-refractivity contribution >= 4 is 39.7 Å². The molecule has 10 heteroatoms. The van der Waals surface area contributed by atoms with E-state index < -0.39 is 10.2 Å². The van der Waals surface area contributed by atoms with E-state index in [2.05, 4.69) is 107 Å². The Morgan fingerprint density at radius 2 is 1.43 bits per heavy atom. The van der Waals surface area contributed by atoms with Gasteiger partial charge in [0.05, 0.1) is 11.7 Å². The van der Waals surface area contributed by atoms with Crippen LogP contribution in [0.25, 0.3) is 16.6 Å². The first-order chi connectivity index (χ1) is 17.7. The highest BCUT2D eigenvalue weighted by Gasteiger charge is 2.17. The maximum absolute atomic E-state index is 8.49. The van der Waals surface area contributed by atoms with Gasteiger partial charge in [0.1, 0.15) is 24.1 Å². The SMILES string of the molecule is CCN(CC)c1ccc(C(=C2C=CC(=[N+](CC)CC)C=C2)c2cccc3nsnc23)cc1.[O-][Cl+3]([O-])([O-])[O-]. The summed E-state index contributed by atoms with van der Waals surface area (Å²) in [5, 5.41) is 0. The lowest BCUT2D eigenvalue weighted by Crippen LogP contribution is -2.68. The van der Waals surface area contributed by atoms with Crippen LogP contribution in [0.4, 0.5) is 5.69 Å². The van der Waals surface area contributed by atoms with Gasteiger partial charge in [-0.2, -0.15) is 8.75 Å². The van der Waals surface area contributed by atoms with Crippen molar-refractivity contribution in [1.82, 2.24) is 8.75 Å². The predicted molar refractivity (Wildman–Crippen MR) is 138 cm³/mol. The number of hydrogen-bond donors (Lipinski definition) is 0. The molecule has 1 aromatic heterocycles. The largest absolute Gasteiger partial charge is 0.372 e. The molecular weight excluding hydrogens is 512 g/mol. The third-order valence-electron chi connectivity index (χ3n) is 6.12. The van der Waals surface area contributed by atoms with Gasteiger partial charge in [0.2, 0.25) is 0 Å². The summed E-state index contributed by atoms with van der Waals surface area (Å²) in [6, 6.07) is 15.2. The molecule has 0 saturated heterocycles. The number of fused-ring (bicyclic) bond motifs is 1. The minimum absolute atomic E-state index is 0.949. The number of anilines is 1. The van der Waals surface area contributed by atoms with Gasteiger partial charge in [-0.25, -0.2) is 23.2 Å². The Morgan fingerprint density at radius 1 is 0.838 bits per heavy atom. The van der Waals surface area contributed by atoms with E-state index in [4.69, 9.17) is 18.6 Å². The van der Waals surface area contributed by atoms with Crippen molar-refractivity contribution in [2.45, 2.75) is 27.7 Å². The van der Waals surface area contributed by atoms with Gasteiger partial charge in [0, 0.05) is 36.5 Å². The van der Waals surface area contributed by atoms with Crippen molar-refractivity contribution in [3.8, 4) is 0 Å². The number of benzene rings is 2. The summed E-state index contributed by atoms with van der Waals surface area (Å²) < 4.78 is 45.4. The van der Waals surface area contributed by atoms with E-state index in [-0.39, 0.29) is 0 Å². The molecule has 0 saturated carbocycles. The van der Waals surface area contributed by atoms with Crippen molar-refractivity contribution in [3.05, 3.63) is 83.5 Å². The van der Waals surface area contributed by atoms with Crippen LogP contribution < -0.4 is 23.5 Å². The third-order valence-corrected chi connectivity index (χ3v) is 6.67. The quantitative estimate of drug-likeness (QED) is 0.411. The van der Waals surface area contributed by atoms with E-state index >= 15 is 0 Å². The second kappa shape index (κ2) is 13.0. The van der Waals surface area contributed by atoms with E-state index in [1.54, 1.807) is 0 Å². The van der Waals surface area contributed by atoms with Crippen LogP contribution in [0.15, 0.2) is 72.3 Å². The monoisotopic (exact) mass is 542 g/mol. The van der Waals surface area contributed by atoms with Gasteiger partial charge in [0.15, 0.2) is 5.71 Å². The summed E-state index contributed by atoms with van der Waals surface area (Å²) in [4.78, 5) is 2.37. The van der Waals surface area contributed by atoms with E-state index in [0.717, 1.165) is 42.8 Å². The zero-order chi connectivity index (χ0) is 27.0. The Bertz CT molecular complexity index is 1290. The summed E-state index contributed by atoms with van der Waals surface area (Å²) in [5.74, 6) is 0. The van der Waals surface area contributed by atoms with Crippen LogP contribution in [0.1, 0.15) is 38.8 Å². The van der Waals surface area contributed by atoms with Crippen LogP contribution in [0.3, 0.4) is 0 Å². The number of allylic oxidation sites excluding steroid dienone is 5. The van der Waals surface area contributed by atoms with E-state index in [1.807, 2.05) is 6.07 Å². The summed E-state index contributed by atoms with van der Waals surface area (Å²) in [6.07, 6.45) is 8.93. The number of aromatic nitrogens is 2. The van der Waals surface area contributed by atoms with Crippen LogP contribution in [-0.4, -0.2) is 45.2 Å². The molecular formula is C27H31ClN4O4S. The molecule has 1 aliphatic rings. The molecule has 0 bridgehead atoms. The smallest absolute Gasteiger partial charge is 0.199 e. The minimum atomic E-state index is -4.94. The first-order valence-corrected chi connectivity index (χ1v) is 14.1. The molecule has 196 valence electrons. The van der Waals surface area contributed by atoms with E-state index in [0.29, 0.717) is 0 Å². The maximum atomic E-state index is 8.49. The fourth-order valence-electron chi connectivity index (χ4n) is 4.34. The average Bonchev–Trinajstić information content (AvgIpc) is 3.36. The molecule has 0 N–H and O–H groups in total. The molecule has 37 heavy (non-hydrogen) atoms. The van der Waals surface area contributed by atoms with Gasteiger partial charge in [0.25, 0.3) is 0 Å². The number of rotatable bonds is 7. The lowest BCUT2D eigenvalue weighted by Gasteiger charge is -2.22. The summed E-state index contributed by atoms with van der Waals surface area (Å²) in [5.41, 5.74) is 9.13. The van der Waals surface area contributed by atoms with E-state index in [1.165, 1.54) is 39.8 Å². The van der Waals surface area contributed by atoms with Crippen molar-refractivity contribution < 1.29 is 33.5 Å². The summed E-state index contributed by atoms with van der Waals surface area (Å²) in [7, 11) is -4.94. The zero-order valence-electron chi connectivity index (χ0n) is 21.4. The third kappa shape index (κ3) is 7.54. The first-order valence-electron chi connectivity index (χ1n) is 12.1. The summed E-state index contributed by atoms with van der Waals surface area (Å²) in [6.45, 7) is 12.8. The maximum Gasteiger partial charge on any atom is 0.199 e. The normalized spacial score (nSPS) is 13.0. The Balaban J connectivity index is 0.000000695. The van der Waals surface area contributed by atoms with Crippen molar-refractivity contribution in [1.29, 1.82) is 0 Å². The molecule has 0 unspecified atom stereocenters.